The molecule has 2 aromatic carbocycles. The molecule has 2 N–H and O–H groups in total. The van der Waals surface area contributed by atoms with Crippen molar-refractivity contribution >= 4 is 27.5 Å². The van der Waals surface area contributed by atoms with Crippen molar-refractivity contribution in [1.82, 2.24) is 15.0 Å². The highest BCUT2D eigenvalue weighted by Crippen LogP contribution is 2.16. The zero-order valence-electron chi connectivity index (χ0n) is 20.8. The van der Waals surface area contributed by atoms with Crippen molar-refractivity contribution in [2.75, 3.05) is 0 Å². The normalized spacial score (nSPS) is 14.1. The van der Waals surface area contributed by atoms with E-state index in [2.05, 4.69) is 15.0 Å². The SMILES string of the molecule is CCC(C)S(=O)(=O)N[C@H](CC[C@H](Cc1ccccc1)NC(=O)OCc1cncs1)Cc1ccccc1. The second-order valence-corrected chi connectivity index (χ2v) is 12.0. The largest absolute Gasteiger partial charge is 0.444 e. The Bertz CT molecular complexity index is 1140. The van der Waals surface area contributed by atoms with Gasteiger partial charge in [-0.2, -0.15) is 0 Å². The van der Waals surface area contributed by atoms with E-state index in [1.54, 1.807) is 18.6 Å². The van der Waals surface area contributed by atoms with Gasteiger partial charge in [0.15, 0.2) is 0 Å². The van der Waals surface area contributed by atoms with Crippen LogP contribution in [0.2, 0.25) is 0 Å². The number of hydrogen-bond acceptors (Lipinski definition) is 6. The van der Waals surface area contributed by atoms with E-state index in [1.165, 1.54) is 11.3 Å². The van der Waals surface area contributed by atoms with Crippen LogP contribution in [0.5, 0.6) is 0 Å². The molecule has 0 aliphatic heterocycles. The zero-order chi connectivity index (χ0) is 25.8. The van der Waals surface area contributed by atoms with Gasteiger partial charge in [0.2, 0.25) is 10.0 Å². The van der Waals surface area contributed by atoms with E-state index in [1.807, 2.05) is 67.6 Å². The van der Waals surface area contributed by atoms with Gasteiger partial charge in [0.05, 0.1) is 15.6 Å². The Hall–Kier alpha value is -2.75. The lowest BCUT2D eigenvalue weighted by atomic mass is 9.96. The molecule has 0 aliphatic carbocycles. The van der Waals surface area contributed by atoms with Crippen molar-refractivity contribution < 1.29 is 17.9 Å². The van der Waals surface area contributed by atoms with Crippen LogP contribution in [0.4, 0.5) is 4.79 Å². The van der Waals surface area contributed by atoms with Crippen molar-refractivity contribution in [2.45, 2.75) is 69.9 Å². The van der Waals surface area contributed by atoms with Gasteiger partial charge in [0, 0.05) is 18.3 Å². The zero-order valence-corrected chi connectivity index (χ0v) is 22.4. The number of nitrogens with zero attached hydrogens (tertiary/aromatic N) is 1. The molecule has 0 spiro atoms. The molecule has 3 rings (SSSR count). The lowest BCUT2D eigenvalue weighted by Crippen LogP contribution is -2.43. The number of carbonyl (C=O) groups excluding carboxylic acids is 1. The number of sulfonamides is 1. The number of carbonyl (C=O) groups is 1. The maximum absolute atomic E-state index is 12.9. The molecular formula is C27H35N3O4S2. The molecule has 1 unspecified atom stereocenters. The van der Waals surface area contributed by atoms with Gasteiger partial charge in [0.1, 0.15) is 6.61 Å². The lowest BCUT2D eigenvalue weighted by Gasteiger charge is -2.24. The van der Waals surface area contributed by atoms with E-state index in [0.29, 0.717) is 32.1 Å². The number of rotatable bonds is 14. The predicted molar refractivity (Wildman–Crippen MR) is 144 cm³/mol. The van der Waals surface area contributed by atoms with Gasteiger partial charge in [-0.3, -0.25) is 4.98 Å². The number of nitrogens with one attached hydrogen (secondary N) is 2. The van der Waals surface area contributed by atoms with Crippen LogP contribution in [0.25, 0.3) is 0 Å². The minimum atomic E-state index is -3.46. The third-order valence-corrected chi connectivity index (χ3v) is 8.91. The minimum Gasteiger partial charge on any atom is -0.444 e. The minimum absolute atomic E-state index is 0.167. The van der Waals surface area contributed by atoms with Crippen LogP contribution in [0.1, 0.15) is 49.1 Å². The fraction of sp³-hybridized carbons (Fsp3) is 0.407. The van der Waals surface area contributed by atoms with E-state index in [0.717, 1.165) is 16.0 Å². The molecule has 194 valence electrons. The van der Waals surface area contributed by atoms with Crippen molar-refractivity contribution in [3.63, 3.8) is 0 Å². The summed E-state index contributed by atoms with van der Waals surface area (Å²) in [4.78, 5) is 17.4. The summed E-state index contributed by atoms with van der Waals surface area (Å²) in [6.45, 7) is 3.76. The highest BCUT2D eigenvalue weighted by atomic mass is 32.2. The summed E-state index contributed by atoms with van der Waals surface area (Å²) in [5, 5.41) is 2.51. The Morgan fingerprint density at radius 1 is 0.972 bits per heavy atom. The fourth-order valence-electron chi connectivity index (χ4n) is 3.85. The monoisotopic (exact) mass is 529 g/mol. The van der Waals surface area contributed by atoms with Crippen LogP contribution in [0.3, 0.4) is 0 Å². The first kappa shape index (κ1) is 27.8. The molecule has 0 aliphatic rings. The molecule has 9 heteroatoms. The Kier molecular flexibility index (Phi) is 10.9. The van der Waals surface area contributed by atoms with Crippen molar-refractivity contribution in [3.8, 4) is 0 Å². The van der Waals surface area contributed by atoms with Crippen LogP contribution in [0.15, 0.2) is 72.4 Å². The molecule has 1 aromatic heterocycles. The summed E-state index contributed by atoms with van der Waals surface area (Å²) in [7, 11) is -3.46. The number of ether oxygens (including phenoxy) is 1. The summed E-state index contributed by atoms with van der Waals surface area (Å²) in [5.74, 6) is 0. The van der Waals surface area contributed by atoms with Crippen molar-refractivity contribution in [3.05, 3.63) is 88.4 Å². The van der Waals surface area contributed by atoms with Gasteiger partial charge >= 0.3 is 6.09 Å². The first-order chi connectivity index (χ1) is 17.4. The van der Waals surface area contributed by atoms with E-state index >= 15 is 0 Å². The molecule has 36 heavy (non-hydrogen) atoms. The van der Waals surface area contributed by atoms with Crippen molar-refractivity contribution in [1.29, 1.82) is 0 Å². The van der Waals surface area contributed by atoms with E-state index in [9.17, 15) is 13.2 Å². The fourth-order valence-corrected chi connectivity index (χ4v) is 5.70. The number of benzene rings is 2. The van der Waals surface area contributed by atoms with Gasteiger partial charge in [0.25, 0.3) is 0 Å². The molecule has 7 nitrogen and oxygen atoms in total. The smallest absolute Gasteiger partial charge is 0.407 e. The quantitative estimate of drug-likeness (QED) is 0.303. The Morgan fingerprint density at radius 3 is 2.11 bits per heavy atom. The summed E-state index contributed by atoms with van der Waals surface area (Å²) in [6.07, 6.45) is 4.07. The highest BCUT2D eigenvalue weighted by Gasteiger charge is 2.25. The lowest BCUT2D eigenvalue weighted by molar-refractivity contribution is 0.135. The Balaban J connectivity index is 1.69. The second-order valence-electron chi connectivity index (χ2n) is 8.92. The second kappa shape index (κ2) is 14.1. The summed E-state index contributed by atoms with van der Waals surface area (Å²) < 4.78 is 34.1. The van der Waals surface area contributed by atoms with Crippen LogP contribution >= 0.6 is 11.3 Å². The molecule has 0 fully saturated rings. The molecule has 0 radical (unpaired) electrons. The number of alkyl carbamates (subject to hydrolysis) is 1. The summed E-state index contributed by atoms with van der Waals surface area (Å²) in [5.41, 5.74) is 3.85. The maximum Gasteiger partial charge on any atom is 0.407 e. The number of hydrogen-bond donors (Lipinski definition) is 2. The van der Waals surface area contributed by atoms with Crippen LogP contribution in [-0.4, -0.2) is 36.8 Å². The van der Waals surface area contributed by atoms with Gasteiger partial charge < -0.3 is 10.1 Å². The van der Waals surface area contributed by atoms with Gasteiger partial charge in [-0.1, -0.05) is 67.6 Å². The molecule has 0 saturated carbocycles. The number of thiazole rings is 1. The molecule has 1 amide bonds. The van der Waals surface area contributed by atoms with Crippen molar-refractivity contribution in [2.24, 2.45) is 0 Å². The molecule has 0 saturated heterocycles. The number of aromatic nitrogens is 1. The third-order valence-electron chi connectivity index (χ3n) is 6.10. The highest BCUT2D eigenvalue weighted by molar-refractivity contribution is 7.90. The van der Waals surface area contributed by atoms with Crippen LogP contribution in [0, 0.1) is 0 Å². The van der Waals surface area contributed by atoms with E-state index in [4.69, 9.17) is 4.74 Å². The average molecular weight is 530 g/mol. The summed E-state index contributed by atoms with van der Waals surface area (Å²) in [6, 6.07) is 19.3. The van der Waals surface area contributed by atoms with E-state index < -0.39 is 21.4 Å². The van der Waals surface area contributed by atoms with Crippen LogP contribution in [-0.2, 0) is 34.2 Å². The predicted octanol–water partition coefficient (Wildman–Crippen LogP) is 5.09. The molecular weight excluding hydrogens is 494 g/mol. The third kappa shape index (κ3) is 9.37. The topological polar surface area (TPSA) is 97.4 Å². The van der Waals surface area contributed by atoms with Gasteiger partial charge in [-0.05, 0) is 50.2 Å². The van der Waals surface area contributed by atoms with Crippen LogP contribution < -0.4 is 10.0 Å². The molecule has 3 atom stereocenters. The molecule has 1 heterocycles. The summed E-state index contributed by atoms with van der Waals surface area (Å²) >= 11 is 1.43. The molecule has 0 bridgehead atoms. The first-order valence-corrected chi connectivity index (χ1v) is 14.7. The van der Waals surface area contributed by atoms with Gasteiger partial charge in [-0.15, -0.1) is 11.3 Å². The average Bonchev–Trinajstić information content (AvgIpc) is 3.40. The number of amides is 1. The molecule has 3 aromatic rings. The van der Waals surface area contributed by atoms with E-state index in [-0.39, 0.29) is 18.7 Å². The van der Waals surface area contributed by atoms with Gasteiger partial charge in [-0.25, -0.2) is 17.9 Å². The Labute approximate surface area is 218 Å². The Morgan fingerprint density at radius 2 is 1.56 bits per heavy atom. The maximum atomic E-state index is 12.9. The standard InChI is InChI=1S/C27H35N3O4S2/c1-3-21(2)36(32,33)30-25(17-23-12-8-5-9-13-23)15-14-24(16-22-10-6-4-7-11-22)29-27(31)34-19-26-18-28-20-35-26/h4-13,18,20-21,24-25,30H,3,14-17,19H2,1-2H3,(H,29,31)/t21?,24-,25-/m1/s1. The first-order valence-electron chi connectivity index (χ1n) is 12.3.